The number of anilines is 2. The van der Waals surface area contributed by atoms with Gasteiger partial charge in [-0.15, -0.1) is 0 Å². The number of carbonyl (C=O) groups is 2. The van der Waals surface area contributed by atoms with E-state index in [9.17, 15) is 9.59 Å². The third-order valence-corrected chi connectivity index (χ3v) is 4.14. The van der Waals surface area contributed by atoms with E-state index in [2.05, 4.69) is 20.9 Å². The summed E-state index contributed by atoms with van der Waals surface area (Å²) in [6.07, 6.45) is 0. The first-order chi connectivity index (χ1) is 13.6. The van der Waals surface area contributed by atoms with Crippen molar-refractivity contribution >= 4 is 23.2 Å². The summed E-state index contributed by atoms with van der Waals surface area (Å²) in [5, 5.41) is 8.12. The number of carbonyl (C=O) groups excluding carboxylic acids is 2. The highest BCUT2D eigenvalue weighted by atomic mass is 16.5. The molecule has 9 nitrogen and oxygen atoms in total. The van der Waals surface area contributed by atoms with Crippen LogP contribution in [0.15, 0.2) is 12.1 Å². The summed E-state index contributed by atoms with van der Waals surface area (Å²) >= 11 is 0. The Kier molecular flexibility index (Phi) is 8.83. The highest BCUT2D eigenvalue weighted by Gasteiger charge is 2.20. The summed E-state index contributed by atoms with van der Waals surface area (Å²) in [7, 11) is 1.55. The van der Waals surface area contributed by atoms with Crippen LogP contribution in [0.2, 0.25) is 0 Å². The lowest BCUT2D eigenvalue weighted by molar-refractivity contribution is -0.120. The molecule has 2 rings (SSSR count). The molecule has 1 aromatic rings. The van der Waals surface area contributed by atoms with Crippen LogP contribution in [-0.2, 0) is 14.3 Å². The number of rotatable bonds is 10. The van der Waals surface area contributed by atoms with Gasteiger partial charge in [-0.3, -0.25) is 14.9 Å². The standard InChI is InChI=1S/C19H30N4O5/c1-4-27-16-11-15(23-6-8-26-9-7-23)17(28-5-2)10-14(16)22-19(25)13-21-12-18(24)20-3/h10-11,21H,4-9,12-13H2,1-3H3,(H,20,24)(H,22,25). The molecule has 0 saturated carbocycles. The van der Waals surface area contributed by atoms with E-state index >= 15 is 0 Å². The van der Waals surface area contributed by atoms with Gasteiger partial charge < -0.3 is 29.7 Å². The Labute approximate surface area is 165 Å². The van der Waals surface area contributed by atoms with Crippen molar-refractivity contribution < 1.29 is 23.8 Å². The predicted octanol–water partition coefficient (Wildman–Crippen LogP) is 0.595. The van der Waals surface area contributed by atoms with Crippen molar-refractivity contribution in [1.82, 2.24) is 10.6 Å². The number of nitrogens with zero attached hydrogens (tertiary/aromatic N) is 1. The third kappa shape index (κ3) is 6.28. The Bertz CT molecular complexity index is 662. The lowest BCUT2D eigenvalue weighted by atomic mass is 10.2. The van der Waals surface area contributed by atoms with Crippen molar-refractivity contribution in [1.29, 1.82) is 0 Å². The second-order valence-corrected chi connectivity index (χ2v) is 6.11. The minimum absolute atomic E-state index is 0.00810. The molecule has 9 heteroatoms. The maximum absolute atomic E-state index is 12.3. The van der Waals surface area contributed by atoms with E-state index in [1.54, 1.807) is 13.1 Å². The van der Waals surface area contributed by atoms with Gasteiger partial charge >= 0.3 is 0 Å². The zero-order valence-corrected chi connectivity index (χ0v) is 16.8. The largest absolute Gasteiger partial charge is 0.492 e. The lowest BCUT2D eigenvalue weighted by Crippen LogP contribution is -2.37. The summed E-state index contributed by atoms with van der Waals surface area (Å²) in [5.41, 5.74) is 1.46. The molecule has 1 heterocycles. The zero-order valence-electron chi connectivity index (χ0n) is 16.8. The van der Waals surface area contributed by atoms with Gasteiger partial charge in [-0.05, 0) is 13.8 Å². The number of likely N-dealkylation sites (N-methyl/N-ethyl adjacent to an activating group) is 1. The summed E-state index contributed by atoms with van der Waals surface area (Å²) in [4.78, 5) is 25.7. The second-order valence-electron chi connectivity index (χ2n) is 6.11. The van der Waals surface area contributed by atoms with Gasteiger partial charge in [0.25, 0.3) is 0 Å². The molecule has 0 bridgehead atoms. The van der Waals surface area contributed by atoms with Gasteiger partial charge in [0.2, 0.25) is 11.8 Å². The first-order valence-corrected chi connectivity index (χ1v) is 9.56. The van der Waals surface area contributed by atoms with Crippen LogP contribution in [-0.4, -0.2) is 71.5 Å². The van der Waals surface area contributed by atoms with E-state index in [1.165, 1.54) is 0 Å². The predicted molar refractivity (Wildman–Crippen MR) is 107 cm³/mol. The normalized spacial score (nSPS) is 13.8. The van der Waals surface area contributed by atoms with E-state index in [0.29, 0.717) is 43.6 Å². The summed E-state index contributed by atoms with van der Waals surface area (Å²) in [6, 6.07) is 3.68. The molecule has 0 radical (unpaired) electrons. The first-order valence-electron chi connectivity index (χ1n) is 9.56. The molecular formula is C19H30N4O5. The van der Waals surface area contributed by atoms with Gasteiger partial charge in [-0.1, -0.05) is 0 Å². The number of nitrogens with one attached hydrogen (secondary N) is 3. The molecule has 3 N–H and O–H groups in total. The van der Waals surface area contributed by atoms with Crippen LogP contribution in [0.25, 0.3) is 0 Å². The number of morpholine rings is 1. The topological polar surface area (TPSA) is 101 Å². The van der Waals surface area contributed by atoms with Crippen molar-refractivity contribution in [3.63, 3.8) is 0 Å². The second kappa shape index (κ2) is 11.4. The Morgan fingerprint density at radius 3 is 2.32 bits per heavy atom. The van der Waals surface area contributed by atoms with Crippen molar-refractivity contribution in [2.75, 3.05) is 69.9 Å². The highest BCUT2D eigenvalue weighted by Crippen LogP contribution is 2.39. The number of hydrogen-bond acceptors (Lipinski definition) is 7. The summed E-state index contributed by atoms with van der Waals surface area (Å²) < 4.78 is 17.0. The zero-order chi connectivity index (χ0) is 20.4. The highest BCUT2D eigenvalue weighted by molar-refractivity contribution is 5.95. The molecule has 0 unspecified atom stereocenters. The molecule has 1 fully saturated rings. The van der Waals surface area contributed by atoms with Gasteiger partial charge in [0.05, 0.1) is 50.9 Å². The fourth-order valence-electron chi connectivity index (χ4n) is 2.82. The molecular weight excluding hydrogens is 364 g/mol. The van der Waals surface area contributed by atoms with Gasteiger partial charge in [-0.2, -0.15) is 0 Å². The fraction of sp³-hybridized carbons (Fsp3) is 0.579. The number of benzene rings is 1. The van der Waals surface area contributed by atoms with Crippen molar-refractivity contribution in [3.05, 3.63) is 12.1 Å². The first kappa shape index (κ1) is 21.8. The smallest absolute Gasteiger partial charge is 0.238 e. The average Bonchev–Trinajstić information content (AvgIpc) is 2.70. The van der Waals surface area contributed by atoms with Crippen LogP contribution in [0.1, 0.15) is 13.8 Å². The van der Waals surface area contributed by atoms with Crippen molar-refractivity contribution in [3.8, 4) is 11.5 Å². The molecule has 156 valence electrons. The fourth-order valence-corrected chi connectivity index (χ4v) is 2.82. The molecule has 1 saturated heterocycles. The molecule has 1 aliphatic heterocycles. The van der Waals surface area contributed by atoms with E-state index < -0.39 is 0 Å². The van der Waals surface area contributed by atoms with Crippen molar-refractivity contribution in [2.45, 2.75) is 13.8 Å². The van der Waals surface area contributed by atoms with E-state index in [1.807, 2.05) is 19.9 Å². The molecule has 0 aliphatic carbocycles. The van der Waals surface area contributed by atoms with E-state index in [-0.39, 0.29) is 24.9 Å². The lowest BCUT2D eigenvalue weighted by Gasteiger charge is -2.31. The monoisotopic (exact) mass is 394 g/mol. The van der Waals surface area contributed by atoms with E-state index in [0.717, 1.165) is 18.8 Å². The molecule has 0 atom stereocenters. The molecule has 1 aliphatic rings. The molecule has 0 aromatic heterocycles. The van der Waals surface area contributed by atoms with Gasteiger partial charge in [0.1, 0.15) is 11.5 Å². The number of ether oxygens (including phenoxy) is 3. The summed E-state index contributed by atoms with van der Waals surface area (Å²) in [6.45, 7) is 7.71. The van der Waals surface area contributed by atoms with Gasteiger partial charge in [0, 0.05) is 32.3 Å². The quantitative estimate of drug-likeness (QED) is 0.534. The molecule has 1 aromatic carbocycles. The number of hydrogen-bond donors (Lipinski definition) is 3. The van der Waals surface area contributed by atoms with Crippen LogP contribution >= 0.6 is 0 Å². The van der Waals surface area contributed by atoms with Crippen LogP contribution in [0, 0.1) is 0 Å². The van der Waals surface area contributed by atoms with E-state index in [4.69, 9.17) is 14.2 Å². The maximum atomic E-state index is 12.3. The average molecular weight is 394 g/mol. The minimum atomic E-state index is -0.272. The molecule has 0 spiro atoms. The Balaban J connectivity index is 2.18. The Morgan fingerprint density at radius 1 is 1.04 bits per heavy atom. The SMILES string of the molecule is CCOc1cc(N2CCOCC2)c(OCC)cc1NC(=O)CNCC(=O)NC. The van der Waals surface area contributed by atoms with Gasteiger partial charge in [0.15, 0.2) is 0 Å². The van der Waals surface area contributed by atoms with Crippen molar-refractivity contribution in [2.24, 2.45) is 0 Å². The van der Waals surface area contributed by atoms with Crippen LogP contribution in [0.5, 0.6) is 11.5 Å². The number of amides is 2. The maximum Gasteiger partial charge on any atom is 0.238 e. The van der Waals surface area contributed by atoms with Gasteiger partial charge in [-0.25, -0.2) is 0 Å². The van der Waals surface area contributed by atoms with Crippen LogP contribution < -0.4 is 30.3 Å². The van der Waals surface area contributed by atoms with Crippen LogP contribution in [0.3, 0.4) is 0 Å². The summed E-state index contributed by atoms with van der Waals surface area (Å²) in [5.74, 6) is 0.802. The molecule has 28 heavy (non-hydrogen) atoms. The van der Waals surface area contributed by atoms with Crippen LogP contribution in [0.4, 0.5) is 11.4 Å². The third-order valence-electron chi connectivity index (χ3n) is 4.14. The Morgan fingerprint density at radius 2 is 1.68 bits per heavy atom. The molecule has 2 amide bonds. The Hall–Kier alpha value is -2.52. The minimum Gasteiger partial charge on any atom is -0.492 e.